The maximum atomic E-state index is 12.5. The van der Waals surface area contributed by atoms with Crippen molar-refractivity contribution in [1.29, 1.82) is 0 Å². The molecule has 8 heteroatoms. The Morgan fingerprint density at radius 2 is 1.71 bits per heavy atom. The summed E-state index contributed by atoms with van der Waals surface area (Å²) in [5, 5.41) is 8.09. The molecule has 0 radical (unpaired) electrons. The summed E-state index contributed by atoms with van der Waals surface area (Å²) in [6.45, 7) is 7.28. The Morgan fingerprint density at radius 1 is 1.04 bits per heavy atom. The van der Waals surface area contributed by atoms with Gasteiger partial charge in [-0.05, 0) is 51.0 Å². The van der Waals surface area contributed by atoms with Gasteiger partial charge in [-0.3, -0.25) is 9.89 Å². The van der Waals surface area contributed by atoms with Crippen LogP contribution >= 0.6 is 0 Å². The summed E-state index contributed by atoms with van der Waals surface area (Å²) in [6.07, 6.45) is 0. The van der Waals surface area contributed by atoms with E-state index in [1.807, 2.05) is 32.0 Å². The van der Waals surface area contributed by atoms with Gasteiger partial charge in [0.15, 0.2) is 0 Å². The summed E-state index contributed by atoms with van der Waals surface area (Å²) >= 11 is 0. The summed E-state index contributed by atoms with van der Waals surface area (Å²) < 4.78 is 1.20. The molecule has 0 saturated heterocycles. The van der Waals surface area contributed by atoms with Crippen molar-refractivity contribution in [3.63, 3.8) is 0 Å². The smallest absolute Gasteiger partial charge is 0.308 e. The van der Waals surface area contributed by atoms with E-state index >= 15 is 0 Å². The summed E-state index contributed by atoms with van der Waals surface area (Å²) in [5.41, 5.74) is 2.85. The maximum absolute atomic E-state index is 12.5. The van der Waals surface area contributed by atoms with Crippen molar-refractivity contribution in [3.8, 4) is 0 Å². The van der Waals surface area contributed by atoms with Gasteiger partial charge in [-0.2, -0.15) is 9.50 Å². The minimum atomic E-state index is -0.502. The number of H-pyrrole nitrogens is 1. The van der Waals surface area contributed by atoms with E-state index in [2.05, 4.69) is 25.7 Å². The minimum absolute atomic E-state index is 0.109. The first-order chi connectivity index (χ1) is 11.3. The molecule has 3 aromatic rings. The molecule has 0 aliphatic carbocycles. The number of aromatic amines is 1. The van der Waals surface area contributed by atoms with E-state index in [4.69, 9.17) is 0 Å². The third kappa shape index (κ3) is 2.98. The Kier molecular flexibility index (Phi) is 3.80. The zero-order valence-electron chi connectivity index (χ0n) is 13.9. The van der Waals surface area contributed by atoms with Crippen molar-refractivity contribution in [3.05, 3.63) is 51.2 Å². The SMILES string of the molecule is Cc1cc(C)cc(NC(=O)Nc2c(C)nc3nc(C)[nH]n3c2=O)c1. The van der Waals surface area contributed by atoms with Crippen LogP contribution in [-0.4, -0.2) is 25.6 Å². The Balaban J connectivity index is 1.89. The number of fused-ring (bicyclic) bond motifs is 1. The first kappa shape index (κ1) is 15.7. The third-order valence-electron chi connectivity index (χ3n) is 3.51. The van der Waals surface area contributed by atoms with Crippen molar-refractivity contribution >= 4 is 23.2 Å². The van der Waals surface area contributed by atoms with Crippen molar-refractivity contribution < 1.29 is 4.79 Å². The van der Waals surface area contributed by atoms with Gasteiger partial charge in [-0.25, -0.2) is 9.78 Å². The molecule has 2 heterocycles. The van der Waals surface area contributed by atoms with E-state index in [9.17, 15) is 9.59 Å². The lowest BCUT2D eigenvalue weighted by Crippen LogP contribution is -2.28. The molecule has 0 aliphatic rings. The first-order valence-electron chi connectivity index (χ1n) is 7.46. The molecule has 24 heavy (non-hydrogen) atoms. The van der Waals surface area contributed by atoms with E-state index in [1.165, 1.54) is 4.52 Å². The van der Waals surface area contributed by atoms with Crippen LogP contribution in [0.4, 0.5) is 16.2 Å². The number of urea groups is 1. The van der Waals surface area contributed by atoms with Gasteiger partial charge in [-0.15, -0.1) is 0 Å². The number of anilines is 2. The van der Waals surface area contributed by atoms with Gasteiger partial charge in [0.05, 0.1) is 5.69 Å². The summed E-state index contributed by atoms with van der Waals surface area (Å²) in [7, 11) is 0. The molecule has 0 aliphatic heterocycles. The van der Waals surface area contributed by atoms with Gasteiger partial charge < -0.3 is 10.6 Å². The minimum Gasteiger partial charge on any atom is -0.308 e. The van der Waals surface area contributed by atoms with Crippen LogP contribution in [0, 0.1) is 27.7 Å². The molecule has 124 valence electrons. The third-order valence-corrected chi connectivity index (χ3v) is 3.51. The van der Waals surface area contributed by atoms with Crippen LogP contribution in [-0.2, 0) is 0 Å². The molecule has 2 aromatic heterocycles. The van der Waals surface area contributed by atoms with Gasteiger partial charge in [0.2, 0.25) is 0 Å². The zero-order chi connectivity index (χ0) is 17.4. The molecule has 3 N–H and O–H groups in total. The monoisotopic (exact) mass is 326 g/mol. The standard InChI is InChI=1S/C16H18N6O2/c1-8-5-9(2)7-12(6-8)19-16(24)20-13-10(3)17-15-18-11(4)21-22(15)14(13)23/h5-7H,1-4H3,(H,17,18,21)(H2,19,20,24). The van der Waals surface area contributed by atoms with Crippen LogP contribution in [0.25, 0.3) is 5.78 Å². The molecule has 0 saturated carbocycles. The number of carbonyl (C=O) groups excluding carboxylic acids is 1. The van der Waals surface area contributed by atoms with Crippen LogP contribution < -0.4 is 16.2 Å². The van der Waals surface area contributed by atoms with E-state index in [-0.39, 0.29) is 11.5 Å². The number of benzene rings is 1. The van der Waals surface area contributed by atoms with Crippen molar-refractivity contribution in [2.75, 3.05) is 10.6 Å². The lowest BCUT2D eigenvalue weighted by molar-refractivity contribution is 0.262. The molecule has 0 unspecified atom stereocenters. The fourth-order valence-corrected chi connectivity index (χ4v) is 2.59. The molecular formula is C16H18N6O2. The number of aromatic nitrogens is 4. The molecule has 3 rings (SSSR count). The van der Waals surface area contributed by atoms with E-state index in [0.717, 1.165) is 11.1 Å². The van der Waals surface area contributed by atoms with Gasteiger partial charge in [0, 0.05) is 5.69 Å². The average molecular weight is 326 g/mol. The quantitative estimate of drug-likeness (QED) is 0.672. The highest BCUT2D eigenvalue weighted by Gasteiger charge is 2.15. The van der Waals surface area contributed by atoms with Crippen molar-refractivity contribution in [2.24, 2.45) is 0 Å². The number of rotatable bonds is 2. The molecule has 0 atom stereocenters. The Hall–Kier alpha value is -3.16. The molecular weight excluding hydrogens is 308 g/mol. The second-order valence-electron chi connectivity index (χ2n) is 5.78. The maximum Gasteiger partial charge on any atom is 0.323 e. The number of nitrogens with zero attached hydrogens (tertiary/aromatic N) is 3. The Labute approximate surface area is 137 Å². The number of carbonyl (C=O) groups is 1. The summed E-state index contributed by atoms with van der Waals surface area (Å²) in [5.74, 6) is 0.839. The first-order valence-corrected chi connectivity index (χ1v) is 7.46. The van der Waals surface area contributed by atoms with Gasteiger partial charge >= 0.3 is 6.03 Å². The highest BCUT2D eigenvalue weighted by atomic mass is 16.2. The zero-order valence-corrected chi connectivity index (χ0v) is 13.9. The highest BCUT2D eigenvalue weighted by molar-refractivity contribution is 6.00. The summed E-state index contributed by atoms with van der Waals surface area (Å²) in [6, 6.07) is 5.22. The van der Waals surface area contributed by atoms with E-state index in [0.29, 0.717) is 17.2 Å². The average Bonchev–Trinajstić information content (AvgIpc) is 2.83. The number of aryl methyl sites for hydroxylation is 4. The second-order valence-corrected chi connectivity index (χ2v) is 5.78. The van der Waals surface area contributed by atoms with Gasteiger partial charge in [-0.1, -0.05) is 6.07 Å². The lowest BCUT2D eigenvalue weighted by atomic mass is 10.1. The number of hydrogen-bond donors (Lipinski definition) is 3. The summed E-state index contributed by atoms with van der Waals surface area (Å²) in [4.78, 5) is 33.0. The molecule has 2 amide bonds. The highest BCUT2D eigenvalue weighted by Crippen LogP contribution is 2.14. The topological polar surface area (TPSA) is 104 Å². The lowest BCUT2D eigenvalue weighted by Gasteiger charge is -2.10. The molecule has 0 bridgehead atoms. The normalized spacial score (nSPS) is 10.8. The fourth-order valence-electron chi connectivity index (χ4n) is 2.59. The van der Waals surface area contributed by atoms with Crippen LogP contribution in [0.15, 0.2) is 23.0 Å². The van der Waals surface area contributed by atoms with Gasteiger partial charge in [0.25, 0.3) is 11.3 Å². The van der Waals surface area contributed by atoms with E-state index < -0.39 is 11.6 Å². The van der Waals surface area contributed by atoms with Crippen molar-refractivity contribution in [2.45, 2.75) is 27.7 Å². The van der Waals surface area contributed by atoms with Crippen LogP contribution in [0.1, 0.15) is 22.6 Å². The molecule has 0 fully saturated rings. The molecule has 0 spiro atoms. The van der Waals surface area contributed by atoms with Gasteiger partial charge in [0.1, 0.15) is 11.5 Å². The van der Waals surface area contributed by atoms with Crippen LogP contribution in [0.2, 0.25) is 0 Å². The van der Waals surface area contributed by atoms with Crippen molar-refractivity contribution in [1.82, 2.24) is 19.6 Å². The van der Waals surface area contributed by atoms with Crippen LogP contribution in [0.5, 0.6) is 0 Å². The molecule has 1 aromatic carbocycles. The number of amides is 2. The van der Waals surface area contributed by atoms with E-state index in [1.54, 1.807) is 13.8 Å². The Morgan fingerprint density at radius 3 is 2.38 bits per heavy atom. The largest absolute Gasteiger partial charge is 0.323 e. The van der Waals surface area contributed by atoms with Crippen LogP contribution in [0.3, 0.4) is 0 Å². The fraction of sp³-hybridized carbons (Fsp3) is 0.250. The second kappa shape index (κ2) is 5.80. The predicted octanol–water partition coefficient (Wildman–Crippen LogP) is 2.30. The number of nitrogens with one attached hydrogen (secondary N) is 3. The number of hydrogen-bond acceptors (Lipinski definition) is 4. The predicted molar refractivity (Wildman–Crippen MR) is 91.6 cm³/mol. The Bertz CT molecular complexity index is 981. The molecule has 8 nitrogen and oxygen atoms in total.